The van der Waals surface area contributed by atoms with Crippen LogP contribution in [-0.2, 0) is 0 Å². The van der Waals surface area contributed by atoms with Crippen molar-refractivity contribution in [2.75, 3.05) is 0 Å². The number of aromatic nitrogens is 1. The highest BCUT2D eigenvalue weighted by Crippen LogP contribution is 2.30. The van der Waals surface area contributed by atoms with Gasteiger partial charge >= 0.3 is 5.76 Å². The van der Waals surface area contributed by atoms with Crippen LogP contribution in [0.25, 0.3) is 11.1 Å². The average Bonchev–Trinajstić information content (AvgIpc) is 3.02. The van der Waals surface area contributed by atoms with Gasteiger partial charge in [-0.25, -0.2) is 4.79 Å². The number of para-hydroxylation sites is 1. The second-order valence-corrected chi connectivity index (χ2v) is 11.9. The Labute approximate surface area is 165 Å². The molecule has 1 N–H and O–H groups in total. The van der Waals surface area contributed by atoms with E-state index in [0.717, 1.165) is 5.75 Å². The first-order chi connectivity index (χ1) is 13.4. The van der Waals surface area contributed by atoms with E-state index in [9.17, 15) is 4.79 Å². The molecule has 1 aromatic heterocycles. The minimum atomic E-state index is -1.57. The summed E-state index contributed by atoms with van der Waals surface area (Å²) in [5, 5.41) is 2.79. The van der Waals surface area contributed by atoms with Crippen LogP contribution < -0.4 is 20.9 Å². The third-order valence-corrected chi connectivity index (χ3v) is 8.73. The summed E-state index contributed by atoms with van der Waals surface area (Å²) in [5.74, 6) is 1.05. The molecule has 4 aromatic rings. The van der Waals surface area contributed by atoms with Crippen LogP contribution >= 0.6 is 0 Å². The first kappa shape index (κ1) is 18.3. The van der Waals surface area contributed by atoms with Crippen LogP contribution in [0.4, 0.5) is 0 Å². The van der Waals surface area contributed by atoms with E-state index in [1.54, 1.807) is 12.1 Å². The minimum absolute atomic E-state index is 0.137. The van der Waals surface area contributed by atoms with Gasteiger partial charge in [0.15, 0.2) is 5.58 Å². The summed E-state index contributed by atoms with van der Waals surface area (Å²) in [5.41, 5.74) is 1.16. The van der Waals surface area contributed by atoms with Gasteiger partial charge in [-0.1, -0.05) is 74.5 Å². The second-order valence-electron chi connectivity index (χ2n) is 8.02. The molecule has 0 saturated carbocycles. The van der Waals surface area contributed by atoms with E-state index in [4.69, 9.17) is 9.15 Å². The van der Waals surface area contributed by atoms with Crippen molar-refractivity contribution in [3.05, 3.63) is 83.3 Å². The van der Waals surface area contributed by atoms with Gasteiger partial charge in [0.2, 0.25) is 0 Å². The van der Waals surface area contributed by atoms with E-state index < -0.39 is 14.6 Å². The summed E-state index contributed by atoms with van der Waals surface area (Å²) in [6.07, 6.45) is 0. The molecule has 1 heterocycles. The van der Waals surface area contributed by atoms with Gasteiger partial charge in [0, 0.05) is 6.07 Å². The van der Waals surface area contributed by atoms with Crippen LogP contribution in [0.3, 0.4) is 0 Å². The molecule has 1 unspecified atom stereocenters. The van der Waals surface area contributed by atoms with Crippen molar-refractivity contribution in [1.82, 2.24) is 4.98 Å². The zero-order chi connectivity index (χ0) is 19.7. The Hall–Kier alpha value is -3.05. The van der Waals surface area contributed by atoms with E-state index in [0.29, 0.717) is 16.8 Å². The van der Waals surface area contributed by atoms with Crippen molar-refractivity contribution in [3.63, 3.8) is 0 Å². The first-order valence-electron chi connectivity index (χ1n) is 9.36. The lowest BCUT2D eigenvalue weighted by molar-refractivity contribution is 0.484. The molecular formula is C23H23NO3Si. The van der Waals surface area contributed by atoms with Gasteiger partial charge in [-0.15, -0.1) is 0 Å². The van der Waals surface area contributed by atoms with Crippen molar-refractivity contribution >= 4 is 30.3 Å². The predicted octanol–water partition coefficient (Wildman–Crippen LogP) is 4.05. The standard InChI is InChI=1S/C23H23NO3Si/c1-23(2,3)28(17-9-5-4-6-10-17)21-12-8-7-11-19(21)26-16-13-14-18-20(15-16)27-22(25)24-18/h4-15,28H,1-3H3,(H,24,25). The molecule has 0 aliphatic rings. The average molecular weight is 390 g/mol. The van der Waals surface area contributed by atoms with Gasteiger partial charge in [-0.05, 0) is 28.4 Å². The van der Waals surface area contributed by atoms with Crippen LogP contribution in [0.15, 0.2) is 82.0 Å². The van der Waals surface area contributed by atoms with Crippen molar-refractivity contribution in [2.24, 2.45) is 0 Å². The summed E-state index contributed by atoms with van der Waals surface area (Å²) >= 11 is 0. The summed E-state index contributed by atoms with van der Waals surface area (Å²) in [4.78, 5) is 14.1. The maximum absolute atomic E-state index is 11.4. The van der Waals surface area contributed by atoms with E-state index in [1.807, 2.05) is 18.2 Å². The SMILES string of the molecule is CC(C)(C)[SiH](c1ccccc1)c1ccccc1Oc1ccc2[nH]c(=O)oc2c1. The fraction of sp³-hybridized carbons (Fsp3) is 0.174. The number of hydrogen-bond donors (Lipinski definition) is 1. The van der Waals surface area contributed by atoms with E-state index in [-0.39, 0.29) is 5.04 Å². The van der Waals surface area contributed by atoms with Gasteiger partial charge in [0.05, 0.1) is 5.52 Å². The molecule has 0 spiro atoms. The zero-order valence-electron chi connectivity index (χ0n) is 16.2. The fourth-order valence-corrected chi connectivity index (χ4v) is 7.36. The van der Waals surface area contributed by atoms with E-state index >= 15 is 0 Å². The van der Waals surface area contributed by atoms with Gasteiger partial charge in [0.25, 0.3) is 0 Å². The molecule has 0 saturated heterocycles. The zero-order valence-corrected chi connectivity index (χ0v) is 17.4. The second kappa shape index (κ2) is 7.17. The largest absolute Gasteiger partial charge is 0.457 e. The highest BCUT2D eigenvalue weighted by molar-refractivity contribution is 6.88. The third kappa shape index (κ3) is 3.66. The Morgan fingerprint density at radius 1 is 0.929 bits per heavy atom. The molecule has 0 aliphatic heterocycles. The highest BCUT2D eigenvalue weighted by Gasteiger charge is 2.32. The number of benzene rings is 3. The molecule has 0 amide bonds. The van der Waals surface area contributed by atoms with Gasteiger partial charge in [-0.3, -0.25) is 4.98 Å². The normalized spacial score (nSPS) is 12.8. The Bertz CT molecular complexity index is 1160. The number of oxazole rings is 1. The molecule has 142 valence electrons. The van der Waals surface area contributed by atoms with Crippen molar-refractivity contribution in [3.8, 4) is 11.5 Å². The third-order valence-electron chi connectivity index (χ3n) is 4.85. The summed E-state index contributed by atoms with van der Waals surface area (Å²) in [6.45, 7) is 6.90. The van der Waals surface area contributed by atoms with Crippen LogP contribution in [0.2, 0.25) is 5.04 Å². The molecule has 0 aliphatic carbocycles. The number of fused-ring (bicyclic) bond motifs is 1. The lowest BCUT2D eigenvalue weighted by atomic mass is 10.2. The Kier molecular flexibility index (Phi) is 4.69. The van der Waals surface area contributed by atoms with E-state index in [1.165, 1.54) is 10.4 Å². The molecule has 0 radical (unpaired) electrons. The summed E-state index contributed by atoms with van der Waals surface area (Å²) in [6, 6.07) is 24.4. The van der Waals surface area contributed by atoms with Crippen molar-refractivity contribution in [1.29, 1.82) is 0 Å². The van der Waals surface area contributed by atoms with Crippen LogP contribution in [0.1, 0.15) is 20.8 Å². The lowest BCUT2D eigenvalue weighted by Crippen LogP contribution is -2.49. The molecule has 1 atom stereocenters. The number of ether oxygens (including phenoxy) is 1. The molecule has 5 heteroatoms. The molecule has 0 fully saturated rings. The predicted molar refractivity (Wildman–Crippen MR) is 116 cm³/mol. The number of rotatable bonds is 4. The topological polar surface area (TPSA) is 55.2 Å². The maximum Gasteiger partial charge on any atom is 0.417 e. The summed E-state index contributed by atoms with van der Waals surface area (Å²) < 4.78 is 11.4. The van der Waals surface area contributed by atoms with Gasteiger partial charge < -0.3 is 9.15 Å². The van der Waals surface area contributed by atoms with Crippen LogP contribution in [0, 0.1) is 0 Å². The van der Waals surface area contributed by atoms with Crippen molar-refractivity contribution in [2.45, 2.75) is 25.8 Å². The summed E-state index contributed by atoms with van der Waals surface area (Å²) in [7, 11) is -1.57. The Morgan fingerprint density at radius 3 is 2.39 bits per heavy atom. The van der Waals surface area contributed by atoms with Crippen LogP contribution in [0.5, 0.6) is 11.5 Å². The monoisotopic (exact) mass is 389 g/mol. The van der Waals surface area contributed by atoms with Crippen molar-refractivity contribution < 1.29 is 9.15 Å². The van der Waals surface area contributed by atoms with Gasteiger partial charge in [-0.2, -0.15) is 0 Å². The van der Waals surface area contributed by atoms with Crippen LogP contribution in [-0.4, -0.2) is 13.8 Å². The molecule has 28 heavy (non-hydrogen) atoms. The van der Waals surface area contributed by atoms with Gasteiger partial charge in [0.1, 0.15) is 20.3 Å². The first-order valence-corrected chi connectivity index (χ1v) is 11.1. The molecule has 3 aromatic carbocycles. The maximum atomic E-state index is 11.4. The number of nitrogens with one attached hydrogen (secondary N) is 1. The number of aromatic amines is 1. The molecule has 4 rings (SSSR count). The molecular weight excluding hydrogens is 366 g/mol. The Balaban J connectivity index is 1.77. The Morgan fingerprint density at radius 2 is 1.64 bits per heavy atom. The highest BCUT2D eigenvalue weighted by atomic mass is 28.3. The quantitative estimate of drug-likeness (QED) is 0.536. The lowest BCUT2D eigenvalue weighted by Gasteiger charge is -2.31. The number of hydrogen-bond acceptors (Lipinski definition) is 3. The number of H-pyrrole nitrogens is 1. The van der Waals surface area contributed by atoms with E-state index in [2.05, 4.69) is 68.2 Å². The molecule has 0 bridgehead atoms. The fourth-order valence-electron chi connectivity index (χ4n) is 3.72. The smallest absolute Gasteiger partial charge is 0.417 e. The molecule has 4 nitrogen and oxygen atoms in total. The minimum Gasteiger partial charge on any atom is -0.457 e.